The van der Waals surface area contributed by atoms with Gasteiger partial charge >= 0.3 is 0 Å². The van der Waals surface area contributed by atoms with Gasteiger partial charge in [0.15, 0.2) is 0 Å². The van der Waals surface area contributed by atoms with Gasteiger partial charge in [-0.25, -0.2) is 9.50 Å². The highest BCUT2D eigenvalue weighted by Crippen LogP contribution is 2.25. The van der Waals surface area contributed by atoms with E-state index in [9.17, 15) is 10.1 Å². The lowest BCUT2D eigenvalue weighted by molar-refractivity contribution is -0.384. The molecule has 21 heavy (non-hydrogen) atoms. The lowest BCUT2D eigenvalue weighted by atomic mass is 10.1. The summed E-state index contributed by atoms with van der Waals surface area (Å²) in [6.45, 7) is 0.640. The zero-order valence-electron chi connectivity index (χ0n) is 11.1. The molecular formula is C13H13N5O2S. The second kappa shape index (κ2) is 5.58. The molecule has 108 valence electrons. The molecule has 2 heterocycles. The van der Waals surface area contributed by atoms with E-state index in [-0.39, 0.29) is 5.69 Å². The van der Waals surface area contributed by atoms with Gasteiger partial charge in [-0.15, -0.1) is 0 Å². The predicted octanol–water partition coefficient (Wildman–Crippen LogP) is 2.26. The van der Waals surface area contributed by atoms with Crippen LogP contribution < -0.4 is 5.73 Å². The smallest absolute Gasteiger partial charge is 0.270 e. The predicted molar refractivity (Wildman–Crippen MR) is 80.3 cm³/mol. The minimum atomic E-state index is -0.412. The number of hydrogen-bond acceptors (Lipinski definition) is 6. The molecule has 0 aliphatic carbocycles. The van der Waals surface area contributed by atoms with Gasteiger partial charge in [-0.2, -0.15) is 5.10 Å². The molecule has 0 aliphatic heterocycles. The summed E-state index contributed by atoms with van der Waals surface area (Å²) in [6.07, 6.45) is 3.53. The average molecular weight is 303 g/mol. The molecule has 3 rings (SSSR count). The topological polar surface area (TPSA) is 99.3 Å². The van der Waals surface area contributed by atoms with Gasteiger partial charge in [0.05, 0.1) is 16.8 Å². The molecule has 7 nitrogen and oxygen atoms in total. The van der Waals surface area contributed by atoms with E-state index < -0.39 is 4.92 Å². The van der Waals surface area contributed by atoms with E-state index >= 15 is 0 Å². The molecule has 3 aromatic rings. The number of rotatable bonds is 5. The number of benzene rings is 1. The quantitative estimate of drug-likeness (QED) is 0.575. The summed E-state index contributed by atoms with van der Waals surface area (Å²) >= 11 is 1.51. The van der Waals surface area contributed by atoms with Crippen LogP contribution in [0.1, 0.15) is 11.4 Å². The lowest BCUT2D eigenvalue weighted by Gasteiger charge is -1.96. The zero-order chi connectivity index (χ0) is 14.8. The summed E-state index contributed by atoms with van der Waals surface area (Å²) in [4.78, 5) is 15.7. The lowest BCUT2D eigenvalue weighted by Crippen LogP contribution is -2.00. The number of nitro groups is 1. The molecule has 8 heteroatoms. The van der Waals surface area contributed by atoms with Crippen LogP contribution in [0.25, 0.3) is 16.2 Å². The Morgan fingerprint density at radius 1 is 1.43 bits per heavy atom. The number of hydrogen-bond donors (Lipinski definition) is 1. The van der Waals surface area contributed by atoms with Crippen molar-refractivity contribution in [1.82, 2.24) is 14.6 Å². The van der Waals surface area contributed by atoms with Crippen LogP contribution >= 0.6 is 11.3 Å². The molecule has 0 fully saturated rings. The number of fused-ring (bicyclic) bond motifs is 1. The molecule has 0 unspecified atom stereocenters. The fraction of sp³-hybridized carbons (Fsp3) is 0.231. The standard InChI is InChI=1S/C13H13N5O2S/c14-6-2-5-12-16-17-8-11(15-13(17)21-12)9-3-1-4-10(7-9)18(19)20/h1,3-4,7-8H,2,5-6,14H2. The zero-order valence-corrected chi connectivity index (χ0v) is 11.9. The van der Waals surface area contributed by atoms with Gasteiger partial charge in [-0.05, 0) is 13.0 Å². The third-order valence-corrected chi connectivity index (χ3v) is 4.01. The van der Waals surface area contributed by atoms with Crippen LogP contribution in [-0.4, -0.2) is 26.1 Å². The van der Waals surface area contributed by atoms with Gasteiger partial charge in [0.25, 0.3) is 5.69 Å². The second-order valence-corrected chi connectivity index (χ2v) is 5.59. The first-order chi connectivity index (χ1) is 10.2. The number of aryl methyl sites for hydroxylation is 1. The molecule has 0 aliphatic rings. The molecule has 0 radical (unpaired) electrons. The van der Waals surface area contributed by atoms with Crippen LogP contribution in [0.4, 0.5) is 5.69 Å². The first kappa shape index (κ1) is 13.7. The fourth-order valence-electron chi connectivity index (χ4n) is 2.01. The van der Waals surface area contributed by atoms with Crippen LogP contribution in [0.15, 0.2) is 30.5 Å². The minimum absolute atomic E-state index is 0.0560. The number of imidazole rings is 1. The van der Waals surface area contributed by atoms with Crippen molar-refractivity contribution in [3.05, 3.63) is 45.6 Å². The van der Waals surface area contributed by atoms with Gasteiger partial charge < -0.3 is 5.73 Å². The van der Waals surface area contributed by atoms with Crippen molar-refractivity contribution in [3.63, 3.8) is 0 Å². The van der Waals surface area contributed by atoms with Crippen molar-refractivity contribution in [3.8, 4) is 11.3 Å². The van der Waals surface area contributed by atoms with E-state index in [1.54, 1.807) is 22.8 Å². The summed E-state index contributed by atoms with van der Waals surface area (Å²) in [5.41, 5.74) is 6.94. The Kier molecular flexibility index (Phi) is 3.63. The maximum absolute atomic E-state index is 10.8. The number of aromatic nitrogens is 3. The highest BCUT2D eigenvalue weighted by Gasteiger charge is 2.12. The molecule has 0 bridgehead atoms. The maximum atomic E-state index is 10.8. The van der Waals surface area contributed by atoms with E-state index in [4.69, 9.17) is 5.73 Å². The molecule has 1 aromatic carbocycles. The summed E-state index contributed by atoms with van der Waals surface area (Å²) in [7, 11) is 0. The average Bonchev–Trinajstić information content (AvgIpc) is 3.03. The highest BCUT2D eigenvalue weighted by molar-refractivity contribution is 7.16. The SMILES string of the molecule is NCCCc1nn2cc(-c3cccc([N+](=O)[O-])c3)nc2s1. The number of nitro benzene ring substituents is 1. The monoisotopic (exact) mass is 303 g/mol. The highest BCUT2D eigenvalue weighted by atomic mass is 32.1. The second-order valence-electron chi connectivity index (χ2n) is 4.55. The maximum Gasteiger partial charge on any atom is 0.270 e. The van der Waals surface area contributed by atoms with E-state index in [0.717, 1.165) is 22.8 Å². The Morgan fingerprint density at radius 2 is 2.29 bits per heavy atom. The van der Waals surface area contributed by atoms with Gasteiger partial charge in [0, 0.05) is 24.1 Å². The Bertz CT molecular complexity index is 763. The van der Waals surface area contributed by atoms with Crippen LogP contribution in [0.5, 0.6) is 0 Å². The number of nitrogens with two attached hydrogens (primary N) is 1. The van der Waals surface area contributed by atoms with Crippen molar-refractivity contribution >= 4 is 22.0 Å². The molecule has 0 saturated carbocycles. The van der Waals surface area contributed by atoms with Crippen LogP contribution in [0, 0.1) is 10.1 Å². The molecule has 2 N–H and O–H groups in total. The Hall–Kier alpha value is -2.32. The molecule has 0 spiro atoms. The summed E-state index contributed by atoms with van der Waals surface area (Å²) < 4.78 is 1.71. The van der Waals surface area contributed by atoms with Gasteiger partial charge in [-0.3, -0.25) is 10.1 Å². The largest absolute Gasteiger partial charge is 0.330 e. The third-order valence-electron chi connectivity index (χ3n) is 3.03. The van der Waals surface area contributed by atoms with Gasteiger partial charge in [0.1, 0.15) is 5.01 Å². The van der Waals surface area contributed by atoms with Crippen molar-refractivity contribution in [1.29, 1.82) is 0 Å². The normalized spacial score (nSPS) is 11.1. The minimum Gasteiger partial charge on any atom is -0.330 e. The number of nitrogens with zero attached hydrogens (tertiary/aromatic N) is 4. The number of non-ortho nitro benzene ring substituents is 1. The van der Waals surface area contributed by atoms with Crippen LogP contribution in [-0.2, 0) is 6.42 Å². The molecule has 0 saturated heterocycles. The summed E-state index contributed by atoms with van der Waals surface area (Å²) in [6, 6.07) is 6.43. The molecule has 0 amide bonds. The van der Waals surface area contributed by atoms with E-state index in [1.807, 2.05) is 0 Å². The van der Waals surface area contributed by atoms with Crippen LogP contribution in [0.2, 0.25) is 0 Å². The van der Waals surface area contributed by atoms with E-state index in [1.165, 1.54) is 23.5 Å². The first-order valence-electron chi connectivity index (χ1n) is 6.47. The van der Waals surface area contributed by atoms with Crippen molar-refractivity contribution in [2.75, 3.05) is 6.54 Å². The van der Waals surface area contributed by atoms with E-state index in [2.05, 4.69) is 10.1 Å². The van der Waals surface area contributed by atoms with Gasteiger partial charge in [0.2, 0.25) is 4.96 Å². The summed E-state index contributed by atoms with van der Waals surface area (Å²) in [5.74, 6) is 0. The van der Waals surface area contributed by atoms with Crippen molar-refractivity contribution in [2.24, 2.45) is 5.73 Å². The van der Waals surface area contributed by atoms with E-state index in [0.29, 0.717) is 17.8 Å². The fourth-order valence-corrected chi connectivity index (χ4v) is 2.93. The van der Waals surface area contributed by atoms with Crippen molar-refractivity contribution < 1.29 is 4.92 Å². The Labute approximate surface area is 124 Å². The Morgan fingerprint density at radius 3 is 3.00 bits per heavy atom. The first-order valence-corrected chi connectivity index (χ1v) is 7.29. The van der Waals surface area contributed by atoms with Crippen molar-refractivity contribution in [2.45, 2.75) is 12.8 Å². The van der Waals surface area contributed by atoms with Crippen LogP contribution in [0.3, 0.4) is 0 Å². The third kappa shape index (κ3) is 2.76. The molecule has 0 atom stereocenters. The van der Waals surface area contributed by atoms with Gasteiger partial charge in [-0.1, -0.05) is 23.5 Å². The Balaban J connectivity index is 1.92. The summed E-state index contributed by atoms with van der Waals surface area (Å²) in [5, 5.41) is 16.2. The molecular weight excluding hydrogens is 290 g/mol. The molecule has 2 aromatic heterocycles.